The lowest BCUT2D eigenvalue weighted by Gasteiger charge is -2.24. The van der Waals surface area contributed by atoms with E-state index in [2.05, 4.69) is 20.6 Å². The topological polar surface area (TPSA) is 92.7 Å². The smallest absolute Gasteiger partial charge is 0.269 e. The molecule has 0 fully saturated rings. The Labute approximate surface area is 150 Å². The molecule has 132 valence electrons. The van der Waals surface area contributed by atoms with Gasteiger partial charge in [-0.05, 0) is 30.9 Å². The van der Waals surface area contributed by atoms with E-state index in [1.165, 1.54) is 0 Å². The van der Waals surface area contributed by atoms with E-state index in [1.807, 2.05) is 30.3 Å². The van der Waals surface area contributed by atoms with Gasteiger partial charge < -0.3 is 5.32 Å². The average molecular weight is 349 g/mol. The molecule has 0 saturated heterocycles. The summed E-state index contributed by atoms with van der Waals surface area (Å²) in [4.78, 5) is 24.2. The van der Waals surface area contributed by atoms with Crippen molar-refractivity contribution >= 4 is 5.91 Å². The molecule has 3 aromatic rings. The SMILES string of the molecule is Cn1nc(-c2ccccc2)cc1C(=O)NC1CCc2n[nH]c(=O)cc2C1. The second-order valence-corrected chi connectivity index (χ2v) is 6.52. The molecule has 7 heteroatoms. The van der Waals surface area contributed by atoms with Crippen molar-refractivity contribution in [1.82, 2.24) is 25.3 Å². The van der Waals surface area contributed by atoms with E-state index in [9.17, 15) is 9.59 Å². The maximum Gasteiger partial charge on any atom is 0.269 e. The zero-order chi connectivity index (χ0) is 18.1. The number of carbonyl (C=O) groups excluding carboxylic acids is 1. The fourth-order valence-corrected chi connectivity index (χ4v) is 3.35. The molecular formula is C19H19N5O2. The van der Waals surface area contributed by atoms with Gasteiger partial charge in [-0.3, -0.25) is 14.3 Å². The predicted molar refractivity (Wildman–Crippen MR) is 96.8 cm³/mol. The molecule has 0 aliphatic heterocycles. The summed E-state index contributed by atoms with van der Waals surface area (Å²) < 4.78 is 1.60. The molecule has 1 aliphatic rings. The summed E-state index contributed by atoms with van der Waals surface area (Å²) in [6.45, 7) is 0. The van der Waals surface area contributed by atoms with Crippen LogP contribution in [-0.4, -0.2) is 31.9 Å². The summed E-state index contributed by atoms with van der Waals surface area (Å²) >= 11 is 0. The van der Waals surface area contributed by atoms with E-state index in [0.717, 1.165) is 35.4 Å². The van der Waals surface area contributed by atoms with Gasteiger partial charge in [0.2, 0.25) is 0 Å². The first-order valence-corrected chi connectivity index (χ1v) is 8.58. The Kier molecular flexibility index (Phi) is 4.12. The highest BCUT2D eigenvalue weighted by atomic mass is 16.2. The van der Waals surface area contributed by atoms with Crippen LogP contribution in [0.1, 0.15) is 28.2 Å². The number of nitrogens with one attached hydrogen (secondary N) is 2. The molecule has 1 amide bonds. The summed E-state index contributed by atoms with van der Waals surface area (Å²) in [5, 5.41) is 14.0. The Hall–Kier alpha value is -3.22. The molecule has 26 heavy (non-hydrogen) atoms. The number of aromatic nitrogens is 4. The maximum atomic E-state index is 12.7. The molecule has 7 nitrogen and oxygen atoms in total. The minimum Gasteiger partial charge on any atom is -0.348 e. The van der Waals surface area contributed by atoms with Gasteiger partial charge in [0.1, 0.15) is 5.69 Å². The lowest BCUT2D eigenvalue weighted by Crippen LogP contribution is -2.40. The van der Waals surface area contributed by atoms with Gasteiger partial charge in [-0.15, -0.1) is 0 Å². The normalized spacial score (nSPS) is 16.1. The van der Waals surface area contributed by atoms with Crippen LogP contribution in [0.2, 0.25) is 0 Å². The van der Waals surface area contributed by atoms with Crippen molar-refractivity contribution in [2.24, 2.45) is 7.05 Å². The molecule has 0 bridgehead atoms. The summed E-state index contributed by atoms with van der Waals surface area (Å²) in [5.74, 6) is -0.159. The lowest BCUT2D eigenvalue weighted by molar-refractivity contribution is 0.0924. The maximum absolute atomic E-state index is 12.7. The van der Waals surface area contributed by atoms with Crippen LogP contribution in [0.5, 0.6) is 0 Å². The number of hydrogen-bond acceptors (Lipinski definition) is 4. The highest BCUT2D eigenvalue weighted by Gasteiger charge is 2.23. The molecule has 0 spiro atoms. The molecule has 1 unspecified atom stereocenters. The van der Waals surface area contributed by atoms with Crippen LogP contribution in [0.25, 0.3) is 11.3 Å². The van der Waals surface area contributed by atoms with E-state index in [1.54, 1.807) is 23.9 Å². The number of amides is 1. The monoisotopic (exact) mass is 349 g/mol. The van der Waals surface area contributed by atoms with Crippen LogP contribution in [0.15, 0.2) is 47.3 Å². The second-order valence-electron chi connectivity index (χ2n) is 6.52. The number of benzene rings is 1. The van der Waals surface area contributed by atoms with Crippen molar-refractivity contribution in [3.63, 3.8) is 0 Å². The van der Waals surface area contributed by atoms with Crippen molar-refractivity contribution in [1.29, 1.82) is 0 Å². The van der Waals surface area contributed by atoms with Gasteiger partial charge in [0, 0.05) is 24.7 Å². The van der Waals surface area contributed by atoms with Crippen LogP contribution in [-0.2, 0) is 19.9 Å². The Morgan fingerprint density at radius 3 is 2.88 bits per heavy atom. The van der Waals surface area contributed by atoms with Crippen molar-refractivity contribution in [2.75, 3.05) is 0 Å². The molecule has 2 aromatic heterocycles. The van der Waals surface area contributed by atoms with Crippen LogP contribution >= 0.6 is 0 Å². The minimum atomic E-state index is -0.213. The molecule has 2 heterocycles. The largest absolute Gasteiger partial charge is 0.348 e. The Bertz CT molecular complexity index is 1010. The highest BCUT2D eigenvalue weighted by Crippen LogP contribution is 2.20. The Morgan fingerprint density at radius 1 is 1.27 bits per heavy atom. The number of aromatic amines is 1. The third-order valence-electron chi connectivity index (χ3n) is 4.69. The number of aryl methyl sites for hydroxylation is 2. The molecule has 1 aromatic carbocycles. The standard InChI is InChI=1S/C19H19N5O2/c1-24-17(11-16(23-24)12-5-3-2-4-6-12)19(26)20-14-7-8-15-13(9-14)10-18(25)22-21-15/h2-6,10-11,14H,7-9H2,1H3,(H,20,26)(H,22,25). The summed E-state index contributed by atoms with van der Waals surface area (Å²) in [6, 6.07) is 13.1. The predicted octanol–water partition coefficient (Wildman–Crippen LogP) is 1.46. The third kappa shape index (κ3) is 3.15. The van der Waals surface area contributed by atoms with Crippen LogP contribution in [0, 0.1) is 0 Å². The quantitative estimate of drug-likeness (QED) is 0.749. The Morgan fingerprint density at radius 2 is 2.08 bits per heavy atom. The second kappa shape index (κ2) is 6.59. The molecule has 0 saturated carbocycles. The lowest BCUT2D eigenvalue weighted by atomic mass is 9.92. The third-order valence-corrected chi connectivity index (χ3v) is 4.69. The molecule has 0 radical (unpaired) electrons. The number of carbonyl (C=O) groups is 1. The first-order chi connectivity index (χ1) is 12.6. The summed E-state index contributed by atoms with van der Waals surface area (Å²) in [5.41, 5.74) is 3.85. The Balaban J connectivity index is 1.51. The van der Waals surface area contributed by atoms with Crippen LogP contribution < -0.4 is 10.9 Å². The number of H-pyrrole nitrogens is 1. The number of rotatable bonds is 3. The van der Waals surface area contributed by atoms with Crippen molar-refractivity contribution in [3.8, 4) is 11.3 Å². The zero-order valence-corrected chi connectivity index (χ0v) is 14.4. The van der Waals surface area contributed by atoms with E-state index in [0.29, 0.717) is 12.1 Å². The molecule has 4 rings (SSSR count). The fourth-order valence-electron chi connectivity index (χ4n) is 3.35. The van der Waals surface area contributed by atoms with Crippen molar-refractivity contribution < 1.29 is 4.79 Å². The zero-order valence-electron chi connectivity index (χ0n) is 14.4. The number of fused-ring (bicyclic) bond motifs is 1. The van der Waals surface area contributed by atoms with E-state index in [-0.39, 0.29) is 17.5 Å². The number of nitrogens with zero attached hydrogens (tertiary/aromatic N) is 3. The van der Waals surface area contributed by atoms with Gasteiger partial charge in [-0.1, -0.05) is 30.3 Å². The van der Waals surface area contributed by atoms with Gasteiger partial charge in [0.25, 0.3) is 11.5 Å². The van der Waals surface area contributed by atoms with Crippen molar-refractivity contribution in [2.45, 2.75) is 25.3 Å². The van der Waals surface area contributed by atoms with Gasteiger partial charge in [0.15, 0.2) is 0 Å². The van der Waals surface area contributed by atoms with Gasteiger partial charge in [0.05, 0.1) is 11.4 Å². The van der Waals surface area contributed by atoms with E-state index < -0.39 is 0 Å². The first-order valence-electron chi connectivity index (χ1n) is 8.58. The molecular weight excluding hydrogens is 330 g/mol. The van der Waals surface area contributed by atoms with Gasteiger partial charge in [-0.25, -0.2) is 5.10 Å². The van der Waals surface area contributed by atoms with Gasteiger partial charge in [-0.2, -0.15) is 10.2 Å². The fraction of sp³-hybridized carbons (Fsp3) is 0.263. The summed E-state index contributed by atoms with van der Waals surface area (Å²) in [6.07, 6.45) is 2.14. The van der Waals surface area contributed by atoms with Crippen LogP contribution in [0.3, 0.4) is 0 Å². The minimum absolute atomic E-state index is 0.0197. The van der Waals surface area contributed by atoms with E-state index >= 15 is 0 Å². The summed E-state index contributed by atoms with van der Waals surface area (Å²) in [7, 11) is 1.76. The first kappa shape index (κ1) is 16.3. The molecule has 1 aliphatic carbocycles. The van der Waals surface area contributed by atoms with Crippen LogP contribution in [0.4, 0.5) is 0 Å². The molecule has 2 N–H and O–H groups in total. The highest BCUT2D eigenvalue weighted by molar-refractivity contribution is 5.94. The molecule has 1 atom stereocenters. The van der Waals surface area contributed by atoms with Gasteiger partial charge >= 0.3 is 0 Å². The average Bonchev–Trinajstić information content (AvgIpc) is 3.04. The van der Waals surface area contributed by atoms with Crippen molar-refractivity contribution in [3.05, 3.63) is 69.8 Å². The van der Waals surface area contributed by atoms with E-state index in [4.69, 9.17) is 0 Å². The number of hydrogen-bond donors (Lipinski definition) is 2.